The molecule has 0 spiro atoms. The van der Waals surface area contributed by atoms with E-state index in [1.165, 1.54) is 64.2 Å². The molecule has 112 valence electrons. The molecule has 3 heteroatoms. The lowest BCUT2D eigenvalue weighted by Gasteiger charge is -2.45. The predicted octanol–water partition coefficient (Wildman–Crippen LogP) is 5.65. The fourth-order valence-corrected chi connectivity index (χ4v) is 16.7. The van der Waals surface area contributed by atoms with E-state index in [4.69, 9.17) is 0 Å². The number of hydrogen-bond donors (Lipinski definition) is 1. The molecule has 0 aromatic rings. The lowest BCUT2D eigenvalue weighted by molar-refractivity contribution is 0.482. The summed E-state index contributed by atoms with van der Waals surface area (Å²) in [6.07, 6.45) is 15.0. The molecule has 0 aromatic carbocycles. The standard InChI is InChI=1S/C16H35NSi2/c1-18(2,15-11-7-5-8-12-15)17-19(3,4)16-13-9-6-10-14-16/h15-17H,5-14H2,1-4H3. The van der Waals surface area contributed by atoms with Crippen molar-refractivity contribution >= 4 is 16.5 Å². The average molecular weight is 298 g/mol. The Labute approximate surface area is 123 Å². The van der Waals surface area contributed by atoms with Gasteiger partial charge in [0.25, 0.3) is 0 Å². The zero-order chi connectivity index (χ0) is 13.9. The summed E-state index contributed by atoms with van der Waals surface area (Å²) in [7, 11) is -2.42. The maximum Gasteiger partial charge on any atom is 0.116 e. The van der Waals surface area contributed by atoms with E-state index in [0.717, 1.165) is 11.1 Å². The van der Waals surface area contributed by atoms with Gasteiger partial charge < -0.3 is 4.65 Å². The summed E-state index contributed by atoms with van der Waals surface area (Å²) < 4.78 is 4.35. The summed E-state index contributed by atoms with van der Waals surface area (Å²) in [4.78, 5) is 0. The van der Waals surface area contributed by atoms with Crippen molar-refractivity contribution in [2.24, 2.45) is 0 Å². The Morgan fingerprint density at radius 2 is 0.895 bits per heavy atom. The highest BCUT2D eigenvalue weighted by atomic mass is 28.4. The zero-order valence-corrected chi connectivity index (χ0v) is 15.7. The highest BCUT2D eigenvalue weighted by molar-refractivity contribution is 6.92. The molecule has 19 heavy (non-hydrogen) atoms. The van der Waals surface area contributed by atoms with Crippen LogP contribution in [0, 0.1) is 0 Å². The third-order valence-electron chi connectivity index (χ3n) is 5.90. The Kier molecular flexibility index (Phi) is 5.35. The molecule has 0 bridgehead atoms. The topological polar surface area (TPSA) is 12.0 Å². The average Bonchev–Trinajstić information content (AvgIpc) is 2.40. The third-order valence-corrected chi connectivity index (χ3v) is 16.3. The molecule has 2 fully saturated rings. The van der Waals surface area contributed by atoms with Crippen LogP contribution >= 0.6 is 0 Å². The van der Waals surface area contributed by atoms with Crippen LogP contribution in [0.3, 0.4) is 0 Å². The second-order valence-corrected chi connectivity index (χ2v) is 17.8. The van der Waals surface area contributed by atoms with Gasteiger partial charge in [0, 0.05) is 0 Å². The van der Waals surface area contributed by atoms with Gasteiger partial charge in [-0.25, -0.2) is 0 Å². The van der Waals surface area contributed by atoms with Crippen molar-refractivity contribution in [1.82, 2.24) is 4.65 Å². The van der Waals surface area contributed by atoms with E-state index >= 15 is 0 Å². The van der Waals surface area contributed by atoms with E-state index < -0.39 is 16.5 Å². The molecule has 0 saturated heterocycles. The van der Waals surface area contributed by atoms with Crippen molar-refractivity contribution in [3.8, 4) is 0 Å². The van der Waals surface area contributed by atoms with Crippen LogP contribution in [0.1, 0.15) is 64.2 Å². The Morgan fingerprint density at radius 3 is 1.21 bits per heavy atom. The molecule has 0 atom stereocenters. The molecule has 1 nitrogen and oxygen atoms in total. The second kappa shape index (κ2) is 6.44. The predicted molar refractivity (Wildman–Crippen MR) is 91.8 cm³/mol. The first-order valence-corrected chi connectivity index (χ1v) is 14.9. The Balaban J connectivity index is 1.96. The highest BCUT2D eigenvalue weighted by Crippen LogP contribution is 2.40. The van der Waals surface area contributed by atoms with Crippen molar-refractivity contribution < 1.29 is 0 Å². The fourth-order valence-electron chi connectivity index (χ4n) is 4.68. The minimum Gasteiger partial charge on any atom is -0.359 e. The van der Waals surface area contributed by atoms with E-state index in [9.17, 15) is 0 Å². The lowest BCUT2D eigenvalue weighted by Crippen LogP contribution is -2.63. The fraction of sp³-hybridized carbons (Fsp3) is 1.00. The number of nitrogens with one attached hydrogen (secondary N) is 1. The van der Waals surface area contributed by atoms with Crippen LogP contribution in [-0.4, -0.2) is 16.5 Å². The van der Waals surface area contributed by atoms with Crippen LogP contribution < -0.4 is 4.65 Å². The Hall–Kier alpha value is 0.394. The summed E-state index contributed by atoms with van der Waals surface area (Å²) in [6.45, 7) is 10.5. The van der Waals surface area contributed by atoms with Gasteiger partial charge in [-0.2, -0.15) is 0 Å². The molecule has 0 heterocycles. The third kappa shape index (κ3) is 4.18. The molecule has 2 saturated carbocycles. The molecule has 2 aliphatic carbocycles. The quantitative estimate of drug-likeness (QED) is 0.661. The summed E-state index contributed by atoms with van der Waals surface area (Å²) in [5.74, 6) is 0. The van der Waals surface area contributed by atoms with E-state index in [2.05, 4.69) is 30.8 Å². The van der Waals surface area contributed by atoms with Crippen LogP contribution in [0.2, 0.25) is 37.3 Å². The molecule has 0 radical (unpaired) electrons. The van der Waals surface area contributed by atoms with Crippen molar-refractivity contribution in [3.63, 3.8) is 0 Å². The van der Waals surface area contributed by atoms with Crippen molar-refractivity contribution in [2.75, 3.05) is 0 Å². The molecule has 0 unspecified atom stereocenters. The first-order valence-electron chi connectivity index (χ1n) is 8.71. The van der Waals surface area contributed by atoms with Gasteiger partial charge in [-0.15, -0.1) is 0 Å². The van der Waals surface area contributed by atoms with Gasteiger partial charge in [0.1, 0.15) is 16.5 Å². The SMILES string of the molecule is C[Si](C)(N[Si](C)(C)C1CCCCC1)C1CCCCC1. The van der Waals surface area contributed by atoms with Crippen molar-refractivity contribution in [2.45, 2.75) is 101 Å². The van der Waals surface area contributed by atoms with E-state index in [1.54, 1.807) is 0 Å². The van der Waals surface area contributed by atoms with Crippen molar-refractivity contribution in [1.29, 1.82) is 0 Å². The molecular weight excluding hydrogens is 262 g/mol. The molecule has 2 rings (SSSR count). The zero-order valence-electron chi connectivity index (χ0n) is 13.7. The van der Waals surface area contributed by atoms with E-state index in [1.807, 2.05) is 0 Å². The van der Waals surface area contributed by atoms with Crippen LogP contribution in [0.5, 0.6) is 0 Å². The second-order valence-electron chi connectivity index (χ2n) is 8.24. The van der Waals surface area contributed by atoms with Crippen LogP contribution in [0.25, 0.3) is 0 Å². The number of hydrogen-bond acceptors (Lipinski definition) is 1. The van der Waals surface area contributed by atoms with Crippen LogP contribution in [0.15, 0.2) is 0 Å². The minimum absolute atomic E-state index is 1.05. The summed E-state index contributed by atoms with van der Waals surface area (Å²) in [5, 5.41) is 0. The summed E-state index contributed by atoms with van der Waals surface area (Å²) in [6, 6.07) is 0. The molecule has 1 N–H and O–H groups in total. The summed E-state index contributed by atoms with van der Waals surface area (Å²) in [5.41, 5.74) is 2.10. The van der Waals surface area contributed by atoms with Gasteiger partial charge in [-0.05, 0) is 11.1 Å². The van der Waals surface area contributed by atoms with E-state index in [0.29, 0.717) is 0 Å². The maximum absolute atomic E-state index is 4.35. The first kappa shape index (κ1) is 15.8. The Morgan fingerprint density at radius 1 is 0.579 bits per heavy atom. The van der Waals surface area contributed by atoms with Crippen LogP contribution in [0.4, 0.5) is 0 Å². The largest absolute Gasteiger partial charge is 0.359 e. The minimum atomic E-state index is -1.21. The Bertz CT molecular complexity index is 248. The maximum atomic E-state index is 4.35. The smallest absolute Gasteiger partial charge is 0.116 e. The van der Waals surface area contributed by atoms with Gasteiger partial charge in [0.05, 0.1) is 0 Å². The lowest BCUT2D eigenvalue weighted by atomic mass is 10.0. The molecular formula is C16H35NSi2. The number of rotatable bonds is 4. The normalized spacial score (nSPS) is 24.6. The van der Waals surface area contributed by atoms with Gasteiger partial charge in [0.15, 0.2) is 0 Å². The van der Waals surface area contributed by atoms with Gasteiger partial charge in [-0.1, -0.05) is 90.4 Å². The summed E-state index contributed by atoms with van der Waals surface area (Å²) >= 11 is 0. The van der Waals surface area contributed by atoms with Gasteiger partial charge >= 0.3 is 0 Å². The monoisotopic (exact) mass is 297 g/mol. The van der Waals surface area contributed by atoms with E-state index in [-0.39, 0.29) is 0 Å². The van der Waals surface area contributed by atoms with Crippen LogP contribution in [-0.2, 0) is 0 Å². The van der Waals surface area contributed by atoms with Crippen molar-refractivity contribution in [3.05, 3.63) is 0 Å². The highest BCUT2D eigenvalue weighted by Gasteiger charge is 2.41. The first-order chi connectivity index (χ1) is 8.92. The molecule has 0 amide bonds. The molecule has 0 aliphatic heterocycles. The van der Waals surface area contributed by atoms with Gasteiger partial charge in [-0.3, -0.25) is 0 Å². The molecule has 2 aliphatic rings. The van der Waals surface area contributed by atoms with Gasteiger partial charge in [0.2, 0.25) is 0 Å². The molecule has 0 aromatic heterocycles.